The molecular formula is C86H70O3. The molecule has 0 N–H and O–H groups in total. The molecule has 0 aromatic heterocycles. The zero-order valence-corrected chi connectivity index (χ0v) is 53.0. The van der Waals surface area contributed by atoms with E-state index in [4.69, 9.17) is 4.74 Å². The lowest BCUT2D eigenvalue weighted by Gasteiger charge is -2.62. The average molecular weight is 1150 g/mol. The number of hydrogen-bond acceptors (Lipinski definition) is 3. The maximum absolute atomic E-state index is 13.4. The molecule has 6 aliphatic rings. The van der Waals surface area contributed by atoms with E-state index < -0.39 is 16.4 Å². The largest absolute Gasteiger partial charge is 0.453 e. The van der Waals surface area contributed by atoms with Crippen LogP contribution in [-0.2, 0) is 14.3 Å². The molecule has 0 aromatic rings. The fourth-order valence-electron chi connectivity index (χ4n) is 10.7. The Morgan fingerprint density at radius 1 is 0.562 bits per heavy atom. The topological polar surface area (TPSA) is 43.4 Å². The van der Waals surface area contributed by atoms with Crippen LogP contribution in [0.4, 0.5) is 0 Å². The van der Waals surface area contributed by atoms with Crippen molar-refractivity contribution in [3.63, 3.8) is 0 Å². The third-order valence-electron chi connectivity index (χ3n) is 15.7. The molecule has 6 rings (SSSR count). The van der Waals surface area contributed by atoms with E-state index in [1.807, 2.05) is 6.92 Å². The van der Waals surface area contributed by atoms with Crippen molar-refractivity contribution in [3.8, 4) is 0 Å². The van der Waals surface area contributed by atoms with Gasteiger partial charge in [-0.3, -0.25) is 9.59 Å². The average Bonchev–Trinajstić information content (AvgIpc) is 1.68. The van der Waals surface area contributed by atoms with Gasteiger partial charge in [-0.2, -0.15) is 0 Å². The number of ketones is 1. The first-order valence-electron chi connectivity index (χ1n) is 29.5. The van der Waals surface area contributed by atoms with E-state index in [0.717, 1.165) is 52.9 Å². The zero-order valence-electron chi connectivity index (χ0n) is 53.0. The van der Waals surface area contributed by atoms with Crippen molar-refractivity contribution in [1.29, 1.82) is 0 Å². The molecular weight excluding hydrogens is 1080 g/mol. The lowest BCUT2D eigenvalue weighted by Crippen LogP contribution is -2.61. The lowest BCUT2D eigenvalue weighted by atomic mass is 9.42. The molecule has 0 bridgehead atoms. The number of carbonyl (C=O) groups is 2. The van der Waals surface area contributed by atoms with Gasteiger partial charge < -0.3 is 4.74 Å². The normalized spacial score (nSPS) is 21.5. The Bertz CT molecular complexity index is 4680. The SMILES string of the molecule is C=C=C=C=C=C=C(C)CCCC.C=C=C=C=C=C=C=C=C=C=C=C=C=C=C=C1CC(=C=C=C=C=C=C=C=C=C=C=C=C=C=C)C2C3C(=C=C=C=C=C=C)CC(=C=C=C=C=C)C4=CC(=O)CCC4(C)C3CCC2(C)C12CCC(=O)O2.CC1CC1C.CCC(C)C. The van der Waals surface area contributed by atoms with Crippen molar-refractivity contribution in [1.82, 2.24) is 0 Å². The summed E-state index contributed by atoms with van der Waals surface area (Å²) >= 11 is 0. The summed E-state index contributed by atoms with van der Waals surface area (Å²) in [5.74, 6) is 2.14. The highest BCUT2D eigenvalue weighted by molar-refractivity contribution is 5.92. The standard InChI is InChI=1S/C64H34O3.C12H14.C5H10.C5H12/c1-7-11-15-18-20-22-24-26-28-30-32-34-38-42-55-50-54(41-37-33-31-29-27-25-23-21-19-16-12-8-2)61-60-53(40-36-17-13-9-3)49-52(39-35-14-10-4)58-51-56(65)43-46-62(58,5)57(60)44-47-63(61,6)64(55)48-45-59(66)67-64;1-4-6-8-9-11-12(3)10-7-5-2;1-4-3-5(4)2;1-4-5(2)3/h51,57,60-61H,1-4,43-50H2,5-6H3;1,5,7,10H2,2-3H3;4-5H,3H2,1-2H3;5H,4H2,1-3H3. The molecule has 432 valence electrons. The molecule has 1 saturated heterocycles. The second-order valence-corrected chi connectivity index (χ2v) is 21.9. The minimum Gasteiger partial charge on any atom is -0.453 e. The molecule has 5 aliphatic carbocycles. The van der Waals surface area contributed by atoms with Crippen molar-refractivity contribution in [2.75, 3.05) is 0 Å². The molecule has 8 atom stereocenters. The summed E-state index contributed by atoms with van der Waals surface area (Å²) in [5.41, 5.74) is 115. The number of ether oxygens (including phenoxy) is 1. The molecule has 1 heterocycles. The fraction of sp³-hybridized carbons (Fsp3) is 0.360. The van der Waals surface area contributed by atoms with Crippen molar-refractivity contribution >= 4 is 11.8 Å². The third kappa shape index (κ3) is 23.5. The van der Waals surface area contributed by atoms with Gasteiger partial charge in [0.05, 0.1) is 0 Å². The van der Waals surface area contributed by atoms with E-state index in [2.05, 4.69) is 323 Å². The Labute approximate surface area is 528 Å². The molecule has 89 heavy (non-hydrogen) atoms. The van der Waals surface area contributed by atoms with Gasteiger partial charge in [-0.1, -0.05) is 126 Å². The predicted molar refractivity (Wildman–Crippen MR) is 349 cm³/mol. The number of esters is 1. The van der Waals surface area contributed by atoms with Gasteiger partial charge >= 0.3 is 5.97 Å². The third-order valence-corrected chi connectivity index (χ3v) is 15.7. The van der Waals surface area contributed by atoms with Crippen molar-refractivity contribution < 1.29 is 14.3 Å². The first-order valence-corrected chi connectivity index (χ1v) is 29.5. The van der Waals surface area contributed by atoms with Gasteiger partial charge in [0.15, 0.2) is 5.78 Å². The van der Waals surface area contributed by atoms with E-state index in [0.29, 0.717) is 37.7 Å². The summed E-state index contributed by atoms with van der Waals surface area (Å²) in [6.45, 7) is 37.2. The minimum absolute atomic E-state index is 0.0242. The van der Waals surface area contributed by atoms with Crippen molar-refractivity contribution in [2.24, 2.45) is 46.3 Å². The lowest BCUT2D eigenvalue weighted by molar-refractivity contribution is -0.171. The van der Waals surface area contributed by atoms with E-state index in [-0.39, 0.29) is 42.3 Å². The van der Waals surface area contributed by atoms with Gasteiger partial charge in [-0.25, -0.2) is 0 Å². The van der Waals surface area contributed by atoms with Crippen molar-refractivity contribution in [2.45, 2.75) is 151 Å². The highest BCUT2D eigenvalue weighted by atomic mass is 16.6. The van der Waals surface area contributed by atoms with Crippen LogP contribution in [0.15, 0.2) is 307 Å². The monoisotopic (exact) mass is 1150 g/mol. The molecule has 3 nitrogen and oxygen atoms in total. The molecule has 1 spiro atoms. The van der Waals surface area contributed by atoms with Gasteiger partial charge in [-0.05, 0) is 319 Å². The van der Waals surface area contributed by atoms with Gasteiger partial charge in [-0.15, -0.1) is 0 Å². The quantitative estimate of drug-likeness (QED) is 0.208. The maximum atomic E-state index is 13.4. The molecule has 0 aromatic carbocycles. The number of hydrogen-bond donors (Lipinski definition) is 0. The molecule has 5 fully saturated rings. The Balaban J connectivity index is 0.000000791. The number of rotatable bonds is 4. The van der Waals surface area contributed by atoms with Crippen LogP contribution in [0.5, 0.6) is 0 Å². The Morgan fingerprint density at radius 2 is 0.989 bits per heavy atom. The molecule has 4 saturated carbocycles. The van der Waals surface area contributed by atoms with Crippen LogP contribution in [0, 0.1) is 46.3 Å². The number of unbranched alkanes of at least 4 members (excludes halogenated alkanes) is 1. The van der Waals surface area contributed by atoms with Gasteiger partial charge in [0.2, 0.25) is 0 Å². The van der Waals surface area contributed by atoms with Crippen LogP contribution in [0.3, 0.4) is 0 Å². The van der Waals surface area contributed by atoms with E-state index in [1.165, 1.54) is 31.3 Å². The summed E-state index contributed by atoms with van der Waals surface area (Å²) in [5, 5.41) is 0. The fourth-order valence-corrected chi connectivity index (χ4v) is 10.7. The van der Waals surface area contributed by atoms with Crippen LogP contribution in [0.1, 0.15) is 146 Å². The second kappa shape index (κ2) is 40.0. The summed E-state index contributed by atoms with van der Waals surface area (Å²) in [6.07, 6.45) is 11.7. The Morgan fingerprint density at radius 3 is 1.44 bits per heavy atom. The number of fused-ring (bicyclic) bond motifs is 6. The summed E-state index contributed by atoms with van der Waals surface area (Å²) in [6, 6.07) is 0. The van der Waals surface area contributed by atoms with Crippen LogP contribution >= 0.6 is 0 Å². The minimum atomic E-state index is -1.08. The van der Waals surface area contributed by atoms with E-state index >= 15 is 0 Å². The molecule has 0 amide bonds. The molecule has 3 heteroatoms. The molecule has 1 aliphatic heterocycles. The Hall–Kier alpha value is -11.4. The highest BCUT2D eigenvalue weighted by Crippen LogP contribution is 2.70. The smallest absolute Gasteiger partial charge is 0.306 e. The first kappa shape index (κ1) is 71.8. The molecule has 8 unspecified atom stereocenters. The maximum Gasteiger partial charge on any atom is 0.306 e. The second-order valence-electron chi connectivity index (χ2n) is 21.9. The van der Waals surface area contributed by atoms with Gasteiger partial charge in [0, 0.05) is 54.6 Å². The molecule has 0 radical (unpaired) electrons. The summed E-state index contributed by atoms with van der Waals surface area (Å²) < 4.78 is 6.56. The first-order chi connectivity index (χ1) is 43.1. The van der Waals surface area contributed by atoms with Crippen LogP contribution in [-0.4, -0.2) is 17.4 Å². The number of carbonyl (C=O) groups excluding carboxylic acids is 2. The predicted octanol–water partition coefficient (Wildman–Crippen LogP) is 18.9. The highest BCUT2D eigenvalue weighted by Gasteiger charge is 2.68. The van der Waals surface area contributed by atoms with E-state index in [1.54, 1.807) is 6.08 Å². The van der Waals surface area contributed by atoms with Gasteiger partial charge in [0.25, 0.3) is 0 Å². The summed E-state index contributed by atoms with van der Waals surface area (Å²) in [4.78, 5) is 26.6. The van der Waals surface area contributed by atoms with Crippen molar-refractivity contribution in [3.05, 3.63) is 307 Å². The summed E-state index contributed by atoms with van der Waals surface area (Å²) in [7, 11) is 0. The Kier molecular flexibility index (Phi) is 32.3. The number of allylic oxidation sites excluding steroid dienone is 6. The van der Waals surface area contributed by atoms with Gasteiger partial charge in [0.1, 0.15) is 5.60 Å². The van der Waals surface area contributed by atoms with E-state index in [9.17, 15) is 9.59 Å². The zero-order chi connectivity index (χ0) is 65.2. The van der Waals surface area contributed by atoms with Crippen LogP contribution in [0.2, 0.25) is 0 Å². The van der Waals surface area contributed by atoms with Crippen LogP contribution < -0.4 is 0 Å². The van der Waals surface area contributed by atoms with Crippen LogP contribution in [0.25, 0.3) is 0 Å².